The van der Waals surface area contributed by atoms with E-state index in [0.29, 0.717) is 12.1 Å². The van der Waals surface area contributed by atoms with Crippen molar-refractivity contribution in [2.24, 2.45) is 0 Å². The number of benzene rings is 2. The van der Waals surface area contributed by atoms with Crippen LogP contribution in [0.4, 0.5) is 0 Å². The van der Waals surface area contributed by atoms with Crippen LogP contribution < -0.4 is 10.9 Å². The highest BCUT2D eigenvalue weighted by atomic mass is 16.4. The van der Waals surface area contributed by atoms with E-state index in [9.17, 15) is 4.79 Å². The lowest BCUT2D eigenvalue weighted by atomic mass is 10.0. The Morgan fingerprint density at radius 3 is 2.61 bits per heavy atom. The van der Waals surface area contributed by atoms with Gasteiger partial charge >= 0.3 is 5.63 Å². The van der Waals surface area contributed by atoms with Crippen molar-refractivity contribution >= 4 is 11.0 Å². The fourth-order valence-electron chi connectivity index (χ4n) is 2.76. The predicted molar refractivity (Wildman–Crippen MR) is 93.6 cm³/mol. The number of rotatable bonds is 5. The highest BCUT2D eigenvalue weighted by molar-refractivity contribution is 5.80. The van der Waals surface area contributed by atoms with Gasteiger partial charge in [0.05, 0.1) is 0 Å². The number of hydrogen-bond acceptors (Lipinski definition) is 3. The topological polar surface area (TPSA) is 42.2 Å². The third kappa shape index (κ3) is 3.51. The molecule has 0 aliphatic rings. The number of hydrogen-bond donors (Lipinski definition) is 1. The van der Waals surface area contributed by atoms with E-state index >= 15 is 0 Å². The molecule has 0 fully saturated rings. The van der Waals surface area contributed by atoms with Gasteiger partial charge in [-0.1, -0.05) is 49.4 Å². The molecule has 23 heavy (non-hydrogen) atoms. The molecule has 1 heterocycles. The van der Waals surface area contributed by atoms with Gasteiger partial charge in [-0.15, -0.1) is 0 Å². The van der Waals surface area contributed by atoms with Gasteiger partial charge in [-0.2, -0.15) is 0 Å². The molecule has 2 aromatic carbocycles. The summed E-state index contributed by atoms with van der Waals surface area (Å²) in [5, 5.41) is 4.48. The van der Waals surface area contributed by atoms with Crippen LogP contribution in [0, 0.1) is 0 Å². The second kappa shape index (κ2) is 6.80. The molecule has 0 saturated carbocycles. The zero-order valence-corrected chi connectivity index (χ0v) is 13.5. The molecule has 1 atom stereocenters. The van der Waals surface area contributed by atoms with Crippen LogP contribution in [0.2, 0.25) is 0 Å². The lowest BCUT2D eigenvalue weighted by Gasteiger charge is -2.15. The Kier molecular flexibility index (Phi) is 4.58. The monoisotopic (exact) mass is 307 g/mol. The van der Waals surface area contributed by atoms with Gasteiger partial charge in [0.1, 0.15) is 5.58 Å². The van der Waals surface area contributed by atoms with Crippen molar-refractivity contribution in [2.75, 3.05) is 0 Å². The fourth-order valence-corrected chi connectivity index (χ4v) is 2.76. The quantitative estimate of drug-likeness (QED) is 0.718. The molecule has 1 N–H and O–H groups in total. The van der Waals surface area contributed by atoms with E-state index in [0.717, 1.165) is 17.4 Å². The molecule has 0 spiro atoms. The first-order valence-corrected chi connectivity index (χ1v) is 8.01. The number of nitrogens with one attached hydrogen (secondary N) is 1. The van der Waals surface area contributed by atoms with Crippen LogP contribution in [0.3, 0.4) is 0 Å². The summed E-state index contributed by atoms with van der Waals surface area (Å²) in [5.74, 6) is 0. The van der Waals surface area contributed by atoms with E-state index in [4.69, 9.17) is 4.42 Å². The zero-order chi connectivity index (χ0) is 16.2. The van der Waals surface area contributed by atoms with Crippen LogP contribution in [-0.4, -0.2) is 0 Å². The van der Waals surface area contributed by atoms with Crippen molar-refractivity contribution in [3.63, 3.8) is 0 Å². The van der Waals surface area contributed by atoms with Gasteiger partial charge in [0.15, 0.2) is 0 Å². The maximum absolute atomic E-state index is 11.8. The van der Waals surface area contributed by atoms with Crippen molar-refractivity contribution in [3.8, 4) is 0 Å². The van der Waals surface area contributed by atoms with Gasteiger partial charge in [-0.25, -0.2) is 4.79 Å². The summed E-state index contributed by atoms with van der Waals surface area (Å²) in [6.07, 6.45) is 0.924. The Hall–Kier alpha value is -2.39. The minimum absolute atomic E-state index is 0.216. The number of fused-ring (bicyclic) bond motifs is 1. The van der Waals surface area contributed by atoms with Crippen molar-refractivity contribution in [2.45, 2.75) is 32.9 Å². The molecule has 0 amide bonds. The molecule has 3 rings (SSSR count). The van der Waals surface area contributed by atoms with Gasteiger partial charge < -0.3 is 9.73 Å². The minimum atomic E-state index is -0.296. The third-order valence-corrected chi connectivity index (χ3v) is 4.20. The summed E-state index contributed by atoms with van der Waals surface area (Å²) in [4.78, 5) is 11.8. The maximum Gasteiger partial charge on any atom is 0.336 e. The molecule has 1 aromatic heterocycles. The summed E-state index contributed by atoms with van der Waals surface area (Å²) < 4.78 is 5.35. The second-order valence-electron chi connectivity index (χ2n) is 5.79. The standard InChI is InChI=1S/C20H21NO2/c1-3-15-9-10-18-17(12-20(22)23-19(18)11-15)13-21-14(2)16-7-5-4-6-8-16/h4-12,14,21H,3,13H2,1-2H3/t14-/m0/s1. The molecule has 0 bridgehead atoms. The lowest BCUT2D eigenvalue weighted by molar-refractivity contribution is 0.547. The summed E-state index contributed by atoms with van der Waals surface area (Å²) >= 11 is 0. The highest BCUT2D eigenvalue weighted by Gasteiger charge is 2.09. The van der Waals surface area contributed by atoms with Crippen molar-refractivity contribution in [1.82, 2.24) is 5.32 Å². The molecule has 3 heteroatoms. The maximum atomic E-state index is 11.8. The molecular formula is C20H21NO2. The van der Waals surface area contributed by atoms with Crippen LogP contribution in [0.25, 0.3) is 11.0 Å². The van der Waals surface area contributed by atoms with E-state index < -0.39 is 0 Å². The highest BCUT2D eigenvalue weighted by Crippen LogP contribution is 2.20. The van der Waals surface area contributed by atoms with Crippen LogP contribution in [-0.2, 0) is 13.0 Å². The van der Waals surface area contributed by atoms with Crippen molar-refractivity contribution in [3.05, 3.63) is 81.7 Å². The molecule has 3 nitrogen and oxygen atoms in total. The Morgan fingerprint density at radius 1 is 1.09 bits per heavy atom. The van der Waals surface area contributed by atoms with Gasteiger partial charge in [0.2, 0.25) is 0 Å². The van der Waals surface area contributed by atoms with E-state index in [-0.39, 0.29) is 11.7 Å². The smallest absolute Gasteiger partial charge is 0.336 e. The molecule has 0 saturated heterocycles. The molecule has 0 unspecified atom stereocenters. The van der Waals surface area contributed by atoms with Crippen LogP contribution >= 0.6 is 0 Å². The van der Waals surface area contributed by atoms with E-state index in [1.54, 1.807) is 6.07 Å². The molecule has 118 valence electrons. The largest absolute Gasteiger partial charge is 0.423 e. The van der Waals surface area contributed by atoms with Gasteiger partial charge in [-0.05, 0) is 36.1 Å². The van der Waals surface area contributed by atoms with E-state index in [2.05, 4.69) is 37.4 Å². The predicted octanol–water partition coefficient (Wildman–Crippen LogP) is 4.21. The molecular weight excluding hydrogens is 286 g/mol. The molecule has 0 radical (unpaired) electrons. The minimum Gasteiger partial charge on any atom is -0.423 e. The third-order valence-electron chi connectivity index (χ3n) is 4.20. The van der Waals surface area contributed by atoms with Crippen LogP contribution in [0.1, 0.15) is 36.6 Å². The number of aryl methyl sites for hydroxylation is 1. The Labute approximate surface area is 136 Å². The summed E-state index contributed by atoms with van der Waals surface area (Å²) in [5.41, 5.74) is 3.74. The zero-order valence-electron chi connectivity index (χ0n) is 13.5. The Balaban J connectivity index is 1.86. The van der Waals surface area contributed by atoms with Crippen LogP contribution in [0.5, 0.6) is 0 Å². The first-order chi connectivity index (χ1) is 11.2. The van der Waals surface area contributed by atoms with Crippen LogP contribution in [0.15, 0.2) is 63.8 Å². The van der Waals surface area contributed by atoms with E-state index in [1.165, 1.54) is 11.1 Å². The Morgan fingerprint density at radius 2 is 1.87 bits per heavy atom. The average molecular weight is 307 g/mol. The van der Waals surface area contributed by atoms with Gasteiger partial charge in [0.25, 0.3) is 0 Å². The normalized spacial score (nSPS) is 12.4. The molecule has 0 aliphatic carbocycles. The van der Waals surface area contributed by atoms with E-state index in [1.807, 2.05) is 30.3 Å². The summed E-state index contributed by atoms with van der Waals surface area (Å²) in [6, 6.07) is 18.2. The average Bonchev–Trinajstić information content (AvgIpc) is 2.59. The van der Waals surface area contributed by atoms with Gasteiger partial charge in [-0.3, -0.25) is 0 Å². The second-order valence-corrected chi connectivity index (χ2v) is 5.79. The first-order valence-electron chi connectivity index (χ1n) is 8.01. The molecule has 3 aromatic rings. The fraction of sp³-hybridized carbons (Fsp3) is 0.250. The SMILES string of the molecule is CCc1ccc2c(CN[C@@H](C)c3ccccc3)cc(=O)oc2c1. The Bertz CT molecular complexity index is 852. The summed E-state index contributed by atoms with van der Waals surface area (Å²) in [7, 11) is 0. The first kappa shape index (κ1) is 15.5. The van der Waals surface area contributed by atoms with Crippen molar-refractivity contribution < 1.29 is 4.42 Å². The summed E-state index contributed by atoms with van der Waals surface area (Å²) in [6.45, 7) is 4.84. The van der Waals surface area contributed by atoms with Gasteiger partial charge in [0, 0.05) is 24.0 Å². The lowest BCUT2D eigenvalue weighted by Crippen LogP contribution is -2.19. The molecule has 0 aliphatic heterocycles. The van der Waals surface area contributed by atoms with Crippen molar-refractivity contribution in [1.29, 1.82) is 0 Å².